The van der Waals surface area contributed by atoms with Gasteiger partial charge in [-0.1, -0.05) is 6.07 Å². The van der Waals surface area contributed by atoms with E-state index in [1.807, 2.05) is 25.1 Å². The van der Waals surface area contributed by atoms with E-state index >= 15 is 0 Å². The smallest absolute Gasteiger partial charge is 0.274 e. The topological polar surface area (TPSA) is 78.5 Å². The van der Waals surface area contributed by atoms with E-state index in [1.54, 1.807) is 39.1 Å². The molecule has 0 radical (unpaired) electrons. The molecule has 0 saturated carbocycles. The summed E-state index contributed by atoms with van der Waals surface area (Å²) in [6.07, 6.45) is 2.94. The van der Waals surface area contributed by atoms with E-state index in [-0.39, 0.29) is 5.91 Å². The van der Waals surface area contributed by atoms with Crippen LogP contribution >= 0.6 is 0 Å². The molecule has 3 heterocycles. The van der Waals surface area contributed by atoms with Crippen molar-refractivity contribution in [1.29, 1.82) is 0 Å². The number of nitrogens with zero attached hydrogens (tertiary/aromatic N) is 3. The van der Waals surface area contributed by atoms with Gasteiger partial charge in [0.05, 0.1) is 43.7 Å². The van der Waals surface area contributed by atoms with E-state index < -0.39 is 0 Å². The molecule has 174 valence electrons. The number of amides is 1. The van der Waals surface area contributed by atoms with E-state index in [0.29, 0.717) is 22.9 Å². The van der Waals surface area contributed by atoms with Gasteiger partial charge in [-0.15, -0.1) is 0 Å². The fourth-order valence-electron chi connectivity index (χ4n) is 4.66. The van der Waals surface area contributed by atoms with Gasteiger partial charge in [0.25, 0.3) is 5.91 Å². The molecule has 2 aromatic carbocycles. The van der Waals surface area contributed by atoms with Crippen LogP contribution in [0.25, 0.3) is 22.0 Å². The molecule has 5 rings (SSSR count). The lowest BCUT2D eigenvalue weighted by atomic mass is 9.95. The first-order valence-corrected chi connectivity index (χ1v) is 11.0. The van der Waals surface area contributed by atoms with Gasteiger partial charge in [-0.05, 0) is 42.1 Å². The highest BCUT2D eigenvalue weighted by atomic mass is 16.5. The number of rotatable bonds is 5. The third-order valence-corrected chi connectivity index (χ3v) is 6.33. The summed E-state index contributed by atoms with van der Waals surface area (Å²) in [4.78, 5) is 13.1. The molecule has 1 aliphatic rings. The Hall–Kier alpha value is -4.07. The SMILES string of the molecule is COc1cc2c(cc1OC)-c1cc3ccc(OC)c(NC(=O)c4cc(C)nn4C)c3c[n+]1CC2. The van der Waals surface area contributed by atoms with Crippen molar-refractivity contribution in [3.05, 3.63) is 59.5 Å². The molecule has 0 bridgehead atoms. The Morgan fingerprint density at radius 1 is 1.03 bits per heavy atom. The fraction of sp³-hybridized carbons (Fsp3) is 0.269. The van der Waals surface area contributed by atoms with Crippen molar-refractivity contribution in [2.75, 3.05) is 26.6 Å². The molecule has 0 fully saturated rings. The second-order valence-corrected chi connectivity index (χ2v) is 8.36. The van der Waals surface area contributed by atoms with Crippen LogP contribution in [0.3, 0.4) is 0 Å². The van der Waals surface area contributed by atoms with Gasteiger partial charge in [0.1, 0.15) is 11.4 Å². The summed E-state index contributed by atoms with van der Waals surface area (Å²) in [5, 5.41) is 9.24. The Morgan fingerprint density at radius 3 is 2.44 bits per heavy atom. The molecule has 4 aromatic rings. The number of nitrogens with one attached hydrogen (secondary N) is 1. The normalized spacial score (nSPS) is 12.1. The first kappa shape index (κ1) is 21.8. The molecule has 1 N–H and O–H groups in total. The Balaban J connectivity index is 1.64. The van der Waals surface area contributed by atoms with Crippen molar-refractivity contribution in [2.24, 2.45) is 7.05 Å². The minimum Gasteiger partial charge on any atom is -0.495 e. The Morgan fingerprint density at radius 2 is 1.76 bits per heavy atom. The quantitative estimate of drug-likeness (QED) is 0.461. The maximum atomic E-state index is 13.1. The molecular formula is C26H27N4O4+. The standard InChI is InChI=1S/C26H26N4O4/c1-15-10-21(29(2)28-15)26(31)27-25-19-14-30-9-8-17-12-23(33-4)24(34-5)13-18(17)20(30)11-16(19)6-7-22(25)32-3/h6-7,10-14H,8-9H2,1-5H3/p+1. The molecule has 8 heteroatoms. The summed E-state index contributed by atoms with van der Waals surface area (Å²) in [5.74, 6) is 1.79. The molecule has 1 aliphatic heterocycles. The van der Waals surface area contributed by atoms with Crippen LogP contribution in [0.4, 0.5) is 5.69 Å². The maximum absolute atomic E-state index is 13.1. The lowest BCUT2D eigenvalue weighted by molar-refractivity contribution is -0.686. The number of carbonyl (C=O) groups excluding carboxylic acids is 1. The van der Waals surface area contributed by atoms with Gasteiger partial charge in [0.2, 0.25) is 5.69 Å². The van der Waals surface area contributed by atoms with Crippen molar-refractivity contribution in [3.8, 4) is 28.5 Å². The van der Waals surface area contributed by atoms with E-state index in [0.717, 1.165) is 46.4 Å². The molecule has 0 aliphatic carbocycles. The summed E-state index contributed by atoms with van der Waals surface area (Å²) >= 11 is 0. The summed E-state index contributed by atoms with van der Waals surface area (Å²) in [6, 6.07) is 11.9. The van der Waals surface area contributed by atoms with Crippen molar-refractivity contribution in [2.45, 2.75) is 19.9 Å². The van der Waals surface area contributed by atoms with Crippen LogP contribution in [0.5, 0.6) is 17.2 Å². The molecule has 0 spiro atoms. The lowest BCUT2D eigenvalue weighted by Gasteiger charge is -2.19. The number of hydrogen-bond donors (Lipinski definition) is 1. The van der Waals surface area contributed by atoms with Crippen molar-refractivity contribution >= 4 is 22.4 Å². The summed E-state index contributed by atoms with van der Waals surface area (Å²) in [6.45, 7) is 2.67. The Kier molecular flexibility index (Phi) is 5.36. The molecule has 0 atom stereocenters. The van der Waals surface area contributed by atoms with Crippen molar-refractivity contribution < 1.29 is 23.6 Å². The Bertz CT molecular complexity index is 1440. The number of aryl methyl sites for hydroxylation is 4. The number of carbonyl (C=O) groups is 1. The number of hydrogen-bond acceptors (Lipinski definition) is 5. The highest BCUT2D eigenvalue weighted by Crippen LogP contribution is 2.39. The zero-order valence-corrected chi connectivity index (χ0v) is 19.9. The largest absolute Gasteiger partial charge is 0.495 e. The van der Waals surface area contributed by atoms with E-state index in [4.69, 9.17) is 14.2 Å². The van der Waals surface area contributed by atoms with Crippen molar-refractivity contribution in [3.63, 3.8) is 0 Å². The summed E-state index contributed by atoms with van der Waals surface area (Å²) in [5.41, 5.74) is 5.31. The minimum absolute atomic E-state index is 0.237. The van der Waals surface area contributed by atoms with Crippen LogP contribution in [-0.4, -0.2) is 37.0 Å². The van der Waals surface area contributed by atoms with Crippen LogP contribution in [0.1, 0.15) is 21.7 Å². The average molecular weight is 460 g/mol. The van der Waals surface area contributed by atoms with Gasteiger partial charge in [0, 0.05) is 19.5 Å². The number of pyridine rings is 1. The van der Waals surface area contributed by atoms with Gasteiger partial charge in [-0.25, -0.2) is 0 Å². The summed E-state index contributed by atoms with van der Waals surface area (Å²) < 4.78 is 20.4. The molecule has 2 aromatic heterocycles. The highest BCUT2D eigenvalue weighted by Gasteiger charge is 2.27. The van der Waals surface area contributed by atoms with Crippen LogP contribution in [0.2, 0.25) is 0 Å². The predicted molar refractivity (Wildman–Crippen MR) is 129 cm³/mol. The molecule has 0 unspecified atom stereocenters. The predicted octanol–water partition coefficient (Wildman–Crippen LogP) is 3.67. The second-order valence-electron chi connectivity index (χ2n) is 8.36. The monoisotopic (exact) mass is 459 g/mol. The zero-order valence-electron chi connectivity index (χ0n) is 19.9. The molecule has 0 saturated heterocycles. The van der Waals surface area contributed by atoms with Gasteiger partial charge < -0.3 is 19.5 Å². The molecule has 8 nitrogen and oxygen atoms in total. The van der Waals surface area contributed by atoms with Crippen LogP contribution in [0.15, 0.2) is 42.6 Å². The van der Waals surface area contributed by atoms with E-state index in [9.17, 15) is 4.79 Å². The van der Waals surface area contributed by atoms with Crippen molar-refractivity contribution in [1.82, 2.24) is 9.78 Å². The molecule has 34 heavy (non-hydrogen) atoms. The van der Waals surface area contributed by atoms with Gasteiger partial charge in [-0.2, -0.15) is 9.67 Å². The van der Waals surface area contributed by atoms with Crippen LogP contribution in [-0.2, 0) is 20.0 Å². The third-order valence-electron chi connectivity index (χ3n) is 6.33. The Labute approximate surface area is 197 Å². The minimum atomic E-state index is -0.237. The van der Waals surface area contributed by atoms with E-state index in [1.165, 1.54) is 5.56 Å². The molecular weight excluding hydrogens is 432 g/mol. The lowest BCUT2D eigenvalue weighted by Crippen LogP contribution is -2.40. The number of benzene rings is 2. The highest BCUT2D eigenvalue weighted by molar-refractivity contribution is 6.10. The number of fused-ring (bicyclic) bond motifs is 4. The second kappa shape index (κ2) is 8.37. The molecule has 1 amide bonds. The summed E-state index contributed by atoms with van der Waals surface area (Å²) in [7, 11) is 6.66. The number of anilines is 1. The number of aromatic nitrogens is 3. The first-order chi connectivity index (χ1) is 16.4. The first-order valence-electron chi connectivity index (χ1n) is 11.0. The number of ether oxygens (including phenoxy) is 3. The van der Waals surface area contributed by atoms with Gasteiger partial charge >= 0.3 is 0 Å². The van der Waals surface area contributed by atoms with Gasteiger partial charge in [0.15, 0.2) is 24.2 Å². The van der Waals surface area contributed by atoms with Crippen LogP contribution in [0, 0.1) is 6.92 Å². The zero-order chi connectivity index (χ0) is 24.0. The van der Waals surface area contributed by atoms with Gasteiger partial charge in [-0.3, -0.25) is 9.48 Å². The average Bonchev–Trinajstić information content (AvgIpc) is 3.19. The third kappa shape index (κ3) is 3.51. The fourth-order valence-corrected chi connectivity index (χ4v) is 4.66. The van der Waals surface area contributed by atoms with Crippen LogP contribution < -0.4 is 24.1 Å². The maximum Gasteiger partial charge on any atom is 0.274 e. The van der Waals surface area contributed by atoms with E-state index in [2.05, 4.69) is 33.3 Å². The number of methoxy groups -OCH3 is 3.